The maximum atomic E-state index is 11.3. The average Bonchev–Trinajstić information content (AvgIpc) is 2.95. The number of carboxylic acid groups (broad SMARTS) is 1. The van der Waals surface area contributed by atoms with Crippen LogP contribution in [-0.4, -0.2) is 40.4 Å². The molecule has 0 saturated carbocycles. The monoisotopic (exact) mass is 612 g/mol. The first-order valence-electron chi connectivity index (χ1n) is 12.5. The second-order valence-electron chi connectivity index (χ2n) is 9.43. The maximum absolute atomic E-state index is 11.3. The quantitative estimate of drug-likeness (QED) is 0.238. The molecule has 1 aliphatic carbocycles. The lowest BCUT2D eigenvalue weighted by molar-refractivity contribution is -0.140. The van der Waals surface area contributed by atoms with Crippen molar-refractivity contribution >= 4 is 33.5 Å². The van der Waals surface area contributed by atoms with Crippen molar-refractivity contribution in [2.45, 2.75) is 38.0 Å². The molecule has 7 nitrogen and oxygen atoms in total. The van der Waals surface area contributed by atoms with Crippen molar-refractivity contribution in [2.75, 3.05) is 13.2 Å². The fraction of sp³-hybridized carbons (Fsp3) is 0.267. The summed E-state index contributed by atoms with van der Waals surface area (Å²) in [4.78, 5) is 15.5. The zero-order chi connectivity index (χ0) is 27.8. The normalized spacial score (nSPS) is 17.6. The lowest BCUT2D eigenvalue weighted by Crippen LogP contribution is -2.39. The number of aliphatic hydroxyl groups excluding tert-OH is 1. The number of aromatic nitrogens is 1. The van der Waals surface area contributed by atoms with E-state index in [9.17, 15) is 15.0 Å². The summed E-state index contributed by atoms with van der Waals surface area (Å²) in [6, 6.07) is 16.3. The molecule has 1 aliphatic rings. The zero-order valence-corrected chi connectivity index (χ0v) is 23.8. The summed E-state index contributed by atoms with van der Waals surface area (Å²) in [5, 5.41) is 21.8. The Morgan fingerprint density at radius 3 is 2.62 bits per heavy atom. The smallest absolute Gasteiger partial charge is 0.323 e. The first-order chi connectivity index (χ1) is 18.8. The highest BCUT2D eigenvalue weighted by Gasteiger charge is 2.32. The predicted molar refractivity (Wildman–Crippen MR) is 154 cm³/mol. The van der Waals surface area contributed by atoms with Crippen LogP contribution in [0.1, 0.15) is 30.0 Å². The van der Waals surface area contributed by atoms with Crippen LogP contribution in [0.25, 0.3) is 0 Å². The van der Waals surface area contributed by atoms with Gasteiger partial charge in [0.25, 0.3) is 0 Å². The number of nitrogens with zero attached hydrogens (tertiary/aromatic N) is 1. The summed E-state index contributed by atoms with van der Waals surface area (Å²) < 4.78 is 13.3. The van der Waals surface area contributed by atoms with Gasteiger partial charge in [-0.1, -0.05) is 83.0 Å². The molecule has 39 heavy (non-hydrogen) atoms. The van der Waals surface area contributed by atoms with E-state index in [1.165, 1.54) is 5.56 Å². The van der Waals surface area contributed by atoms with Crippen LogP contribution in [0.15, 0.2) is 89.2 Å². The topological polar surface area (TPSA) is 101 Å². The lowest BCUT2D eigenvalue weighted by atomic mass is 9.75. The highest BCUT2D eigenvalue weighted by molar-refractivity contribution is 9.11. The van der Waals surface area contributed by atoms with Gasteiger partial charge in [-0.05, 0) is 29.7 Å². The number of benzene rings is 2. The van der Waals surface area contributed by atoms with Crippen LogP contribution in [-0.2, 0) is 23.4 Å². The van der Waals surface area contributed by atoms with Gasteiger partial charge in [-0.25, -0.2) is 0 Å². The van der Waals surface area contributed by atoms with Gasteiger partial charge in [0.2, 0.25) is 0 Å². The third-order valence-electron chi connectivity index (χ3n) is 6.66. The molecule has 0 spiro atoms. The molecule has 204 valence electrons. The molecular weight excluding hydrogens is 584 g/mol. The Balaban J connectivity index is 1.57. The number of halogens is 2. The Kier molecular flexibility index (Phi) is 9.80. The molecular formula is C30H30BrClN2O5. The largest absolute Gasteiger partial charge is 0.488 e. The number of rotatable bonds is 12. The van der Waals surface area contributed by atoms with Gasteiger partial charge >= 0.3 is 5.97 Å². The van der Waals surface area contributed by atoms with Gasteiger partial charge < -0.3 is 19.7 Å². The maximum Gasteiger partial charge on any atom is 0.323 e. The van der Waals surface area contributed by atoms with E-state index >= 15 is 0 Å². The highest BCUT2D eigenvalue weighted by Crippen LogP contribution is 2.44. The van der Waals surface area contributed by atoms with Crippen molar-refractivity contribution in [2.24, 2.45) is 0 Å². The summed E-state index contributed by atoms with van der Waals surface area (Å²) in [5.41, 5.74) is 3.50. The number of carbonyl (C=O) groups is 1. The molecule has 1 aromatic heterocycles. The fourth-order valence-electron chi connectivity index (χ4n) is 4.34. The Labute approximate surface area is 241 Å². The summed E-state index contributed by atoms with van der Waals surface area (Å²) in [7, 11) is 0. The third kappa shape index (κ3) is 7.08. The molecule has 0 unspecified atom stereocenters. The van der Waals surface area contributed by atoms with Crippen LogP contribution in [0.2, 0.25) is 5.02 Å². The van der Waals surface area contributed by atoms with Gasteiger partial charge in [-0.15, -0.1) is 0 Å². The molecule has 0 bridgehead atoms. The Hall–Kier alpha value is -3.17. The molecule has 0 fully saturated rings. The van der Waals surface area contributed by atoms with Crippen LogP contribution in [0, 0.1) is 0 Å². The van der Waals surface area contributed by atoms with E-state index < -0.39 is 18.6 Å². The number of pyridine rings is 1. The second kappa shape index (κ2) is 13.3. The van der Waals surface area contributed by atoms with Crippen molar-refractivity contribution in [3.63, 3.8) is 0 Å². The van der Waals surface area contributed by atoms with Crippen LogP contribution >= 0.6 is 27.5 Å². The van der Waals surface area contributed by atoms with E-state index in [0.717, 1.165) is 22.0 Å². The van der Waals surface area contributed by atoms with Gasteiger partial charge in [0.05, 0.1) is 11.6 Å². The van der Waals surface area contributed by atoms with Gasteiger partial charge in [-0.3, -0.25) is 15.1 Å². The standard InChI is InChI=1S/C30H30BrClN2O5/c1-30(23-9-3-2-4-10-23)11-5-8-21(28(30)31)19-39-27-14-26(38-18-20-7-6-12-33-15-20)22(13-24(27)32)16-34-25(17-35)29(36)37/h2-10,12-15,25,34-35H,11,16-19H2,1H3,(H,36,37)/t25-,30+/m1/s1. The summed E-state index contributed by atoms with van der Waals surface area (Å²) in [5.74, 6) is -0.232. The minimum Gasteiger partial charge on any atom is -0.488 e. The molecule has 3 N–H and O–H groups in total. The lowest BCUT2D eigenvalue weighted by Gasteiger charge is -2.33. The van der Waals surface area contributed by atoms with Crippen molar-refractivity contribution < 1.29 is 24.5 Å². The van der Waals surface area contributed by atoms with Crippen LogP contribution in [0.4, 0.5) is 0 Å². The molecule has 0 aliphatic heterocycles. The average molecular weight is 614 g/mol. The number of aliphatic carboxylic acids is 1. The van der Waals surface area contributed by atoms with Crippen molar-refractivity contribution in [3.8, 4) is 11.5 Å². The van der Waals surface area contributed by atoms with E-state index in [-0.39, 0.29) is 25.2 Å². The van der Waals surface area contributed by atoms with Crippen LogP contribution in [0.5, 0.6) is 11.5 Å². The molecule has 0 amide bonds. The number of aliphatic hydroxyl groups is 1. The Morgan fingerprint density at radius 1 is 1.15 bits per heavy atom. The summed E-state index contributed by atoms with van der Waals surface area (Å²) >= 11 is 10.5. The number of carboxylic acids is 1. The fourth-order valence-corrected chi connectivity index (χ4v) is 5.22. The van der Waals surface area contributed by atoms with Crippen LogP contribution < -0.4 is 14.8 Å². The number of ether oxygens (including phenoxy) is 2. The van der Waals surface area contributed by atoms with Crippen molar-refractivity contribution in [1.29, 1.82) is 0 Å². The summed E-state index contributed by atoms with van der Waals surface area (Å²) in [6.07, 6.45) is 8.46. The molecule has 3 aromatic rings. The first kappa shape index (κ1) is 28.8. The molecule has 2 aromatic carbocycles. The Bertz CT molecular complexity index is 1350. The molecule has 2 atom stereocenters. The molecule has 4 rings (SSSR count). The molecule has 0 saturated heterocycles. The van der Waals surface area contributed by atoms with Gasteiger partial charge in [-0.2, -0.15) is 0 Å². The number of hydrogen-bond donors (Lipinski definition) is 3. The SMILES string of the molecule is C[C@@]1(c2ccccc2)CC=CC(COc2cc(OCc3cccnc3)c(CN[C@H](CO)C(=O)O)cc2Cl)=C1Br. The second-order valence-corrected chi connectivity index (χ2v) is 10.6. The number of hydrogen-bond acceptors (Lipinski definition) is 6. The van der Waals surface area contributed by atoms with E-state index in [0.29, 0.717) is 22.1 Å². The predicted octanol–water partition coefficient (Wildman–Crippen LogP) is 5.79. The minimum absolute atomic E-state index is 0.120. The first-order valence-corrected chi connectivity index (χ1v) is 13.6. The molecule has 1 heterocycles. The van der Waals surface area contributed by atoms with Gasteiger partial charge in [0.1, 0.15) is 30.8 Å². The van der Waals surface area contributed by atoms with Gasteiger partial charge in [0, 0.05) is 46.0 Å². The molecule has 9 heteroatoms. The number of allylic oxidation sites excluding steroid dienone is 2. The number of nitrogens with one attached hydrogen (secondary N) is 1. The van der Waals surface area contributed by atoms with E-state index in [4.69, 9.17) is 21.1 Å². The molecule has 0 radical (unpaired) electrons. The van der Waals surface area contributed by atoms with E-state index in [1.807, 2.05) is 30.3 Å². The van der Waals surface area contributed by atoms with Gasteiger partial charge in [0.15, 0.2) is 0 Å². The zero-order valence-electron chi connectivity index (χ0n) is 21.4. The minimum atomic E-state index is -1.15. The highest BCUT2D eigenvalue weighted by atomic mass is 79.9. The third-order valence-corrected chi connectivity index (χ3v) is 8.34. The van der Waals surface area contributed by atoms with Crippen molar-refractivity contribution in [1.82, 2.24) is 10.3 Å². The summed E-state index contributed by atoms with van der Waals surface area (Å²) in [6.45, 7) is 2.31. The van der Waals surface area contributed by atoms with E-state index in [1.54, 1.807) is 24.5 Å². The Morgan fingerprint density at radius 2 is 1.92 bits per heavy atom. The van der Waals surface area contributed by atoms with Crippen molar-refractivity contribution in [3.05, 3.63) is 111 Å². The van der Waals surface area contributed by atoms with E-state index in [2.05, 4.69) is 57.4 Å². The van der Waals surface area contributed by atoms with Crippen LogP contribution in [0.3, 0.4) is 0 Å².